The van der Waals surface area contributed by atoms with E-state index in [1.807, 2.05) is 0 Å². The van der Waals surface area contributed by atoms with Gasteiger partial charge in [0.2, 0.25) is 0 Å². The molecular formula is C18H20N2O6. The lowest BCUT2D eigenvalue weighted by Crippen LogP contribution is -2.25. The molecule has 0 heterocycles. The zero-order valence-electron chi connectivity index (χ0n) is 14.8. The van der Waals surface area contributed by atoms with Crippen LogP contribution < -0.4 is 19.5 Å². The van der Waals surface area contributed by atoms with Gasteiger partial charge in [0.1, 0.15) is 5.75 Å². The van der Waals surface area contributed by atoms with E-state index in [4.69, 9.17) is 14.2 Å². The Balaban J connectivity index is 2.08. The smallest absolute Gasteiger partial charge is 0.276 e. The van der Waals surface area contributed by atoms with Crippen molar-refractivity contribution in [3.63, 3.8) is 0 Å². The van der Waals surface area contributed by atoms with Crippen LogP contribution in [0, 0.1) is 10.1 Å². The maximum Gasteiger partial charge on any atom is 0.276 e. The largest absolute Gasteiger partial charge is 0.497 e. The van der Waals surface area contributed by atoms with Crippen LogP contribution in [0.1, 0.15) is 15.9 Å². The summed E-state index contributed by atoms with van der Waals surface area (Å²) in [5.74, 6) is 1.07. The van der Waals surface area contributed by atoms with Crippen LogP contribution in [0.4, 0.5) is 5.69 Å². The summed E-state index contributed by atoms with van der Waals surface area (Å²) in [6.45, 7) is 0.237. The quantitative estimate of drug-likeness (QED) is 0.574. The zero-order chi connectivity index (χ0) is 19.1. The summed E-state index contributed by atoms with van der Waals surface area (Å²) < 4.78 is 15.3. The fourth-order valence-electron chi connectivity index (χ4n) is 2.44. The van der Waals surface area contributed by atoms with E-state index < -0.39 is 4.92 Å². The summed E-state index contributed by atoms with van der Waals surface area (Å²) in [6, 6.07) is 9.54. The van der Waals surface area contributed by atoms with E-state index in [0.717, 1.165) is 0 Å². The van der Waals surface area contributed by atoms with E-state index in [-0.39, 0.29) is 30.3 Å². The Morgan fingerprint density at radius 2 is 1.65 bits per heavy atom. The maximum absolute atomic E-state index is 12.1. The van der Waals surface area contributed by atoms with Crippen molar-refractivity contribution >= 4 is 11.6 Å². The third-order valence-electron chi connectivity index (χ3n) is 3.81. The fourth-order valence-corrected chi connectivity index (χ4v) is 2.44. The third-order valence-corrected chi connectivity index (χ3v) is 3.81. The molecule has 0 aromatic heterocycles. The summed E-state index contributed by atoms with van der Waals surface area (Å²) in [7, 11) is 4.42. The zero-order valence-corrected chi connectivity index (χ0v) is 14.8. The van der Waals surface area contributed by atoms with Gasteiger partial charge in [-0.3, -0.25) is 14.9 Å². The Morgan fingerprint density at radius 1 is 1.04 bits per heavy atom. The number of carbonyl (C=O) groups is 1. The molecule has 0 saturated heterocycles. The topological polar surface area (TPSA) is 99.9 Å². The van der Waals surface area contributed by atoms with Crippen LogP contribution in [-0.2, 0) is 6.42 Å². The van der Waals surface area contributed by atoms with Crippen molar-refractivity contribution in [1.82, 2.24) is 5.32 Å². The van der Waals surface area contributed by atoms with E-state index in [1.54, 1.807) is 37.4 Å². The molecule has 1 N–H and O–H groups in total. The molecule has 0 unspecified atom stereocenters. The van der Waals surface area contributed by atoms with Crippen molar-refractivity contribution in [2.75, 3.05) is 27.9 Å². The number of nitro groups is 1. The van der Waals surface area contributed by atoms with Gasteiger partial charge in [-0.15, -0.1) is 0 Å². The van der Waals surface area contributed by atoms with Crippen LogP contribution in [0.25, 0.3) is 0 Å². The summed E-state index contributed by atoms with van der Waals surface area (Å²) in [6.07, 6.45) is 0.276. The number of rotatable bonds is 8. The highest BCUT2D eigenvalue weighted by atomic mass is 16.6. The van der Waals surface area contributed by atoms with Gasteiger partial charge in [-0.25, -0.2) is 0 Å². The first kappa shape index (κ1) is 19.0. The molecule has 0 radical (unpaired) electrons. The summed E-state index contributed by atoms with van der Waals surface area (Å²) in [5.41, 5.74) is 0.844. The predicted octanol–water partition coefficient (Wildman–Crippen LogP) is 2.59. The van der Waals surface area contributed by atoms with Gasteiger partial charge >= 0.3 is 0 Å². The number of ether oxygens (including phenoxy) is 3. The van der Waals surface area contributed by atoms with Crippen molar-refractivity contribution < 1.29 is 23.9 Å². The van der Waals surface area contributed by atoms with Crippen molar-refractivity contribution in [3.8, 4) is 17.2 Å². The molecule has 138 valence electrons. The number of benzene rings is 2. The Labute approximate surface area is 150 Å². The number of nitrogens with zero attached hydrogens (tertiary/aromatic N) is 1. The molecule has 26 heavy (non-hydrogen) atoms. The molecule has 0 aliphatic heterocycles. The van der Waals surface area contributed by atoms with E-state index in [1.165, 1.54) is 20.3 Å². The second kappa shape index (κ2) is 8.70. The number of nitro benzene ring substituents is 1. The van der Waals surface area contributed by atoms with Crippen molar-refractivity contribution in [3.05, 3.63) is 57.6 Å². The van der Waals surface area contributed by atoms with Crippen LogP contribution in [0.3, 0.4) is 0 Å². The Kier molecular flexibility index (Phi) is 6.37. The highest BCUT2D eigenvalue weighted by Gasteiger charge is 2.19. The number of hydrogen-bond acceptors (Lipinski definition) is 6. The van der Waals surface area contributed by atoms with Gasteiger partial charge in [0, 0.05) is 17.7 Å². The maximum atomic E-state index is 12.1. The van der Waals surface area contributed by atoms with Gasteiger partial charge in [-0.05, 0) is 36.8 Å². The van der Waals surface area contributed by atoms with Gasteiger partial charge in [0.25, 0.3) is 11.6 Å². The van der Waals surface area contributed by atoms with Gasteiger partial charge < -0.3 is 19.5 Å². The van der Waals surface area contributed by atoms with E-state index in [0.29, 0.717) is 22.6 Å². The Morgan fingerprint density at radius 3 is 2.19 bits per heavy atom. The Bertz CT molecular complexity index is 789. The molecule has 0 aliphatic rings. The SMILES string of the molecule is COc1ccc(C(=O)NCCc2cc(OC)c(OC)cc2[N+](=O)[O-])cc1. The lowest BCUT2D eigenvalue weighted by Gasteiger charge is -2.11. The molecule has 2 rings (SSSR count). The number of hydrogen-bond donors (Lipinski definition) is 1. The van der Waals surface area contributed by atoms with Crippen molar-refractivity contribution in [2.24, 2.45) is 0 Å². The van der Waals surface area contributed by atoms with Crippen LogP contribution in [-0.4, -0.2) is 38.7 Å². The summed E-state index contributed by atoms with van der Waals surface area (Å²) in [4.78, 5) is 22.9. The molecule has 0 bridgehead atoms. The van der Waals surface area contributed by atoms with Crippen LogP contribution in [0.2, 0.25) is 0 Å². The second-order valence-electron chi connectivity index (χ2n) is 5.33. The molecular weight excluding hydrogens is 340 g/mol. The molecule has 0 spiro atoms. The van der Waals surface area contributed by atoms with Crippen LogP contribution >= 0.6 is 0 Å². The number of nitrogens with one attached hydrogen (secondary N) is 1. The number of methoxy groups -OCH3 is 3. The average Bonchev–Trinajstić information content (AvgIpc) is 2.67. The minimum Gasteiger partial charge on any atom is -0.497 e. The summed E-state index contributed by atoms with van der Waals surface area (Å²) in [5, 5.41) is 14.0. The molecule has 1 amide bonds. The molecule has 0 aliphatic carbocycles. The fraction of sp³-hybridized carbons (Fsp3) is 0.278. The Hall–Kier alpha value is -3.29. The third kappa shape index (κ3) is 4.41. The van der Waals surface area contributed by atoms with Gasteiger partial charge in [-0.1, -0.05) is 0 Å². The minimum atomic E-state index is -0.484. The van der Waals surface area contributed by atoms with E-state index >= 15 is 0 Å². The summed E-state index contributed by atoms with van der Waals surface area (Å²) >= 11 is 0. The highest BCUT2D eigenvalue weighted by molar-refractivity contribution is 5.94. The predicted molar refractivity (Wildman–Crippen MR) is 95.2 cm³/mol. The lowest BCUT2D eigenvalue weighted by atomic mass is 10.1. The van der Waals surface area contributed by atoms with Crippen molar-refractivity contribution in [2.45, 2.75) is 6.42 Å². The minimum absolute atomic E-state index is 0.0821. The number of carbonyl (C=O) groups excluding carboxylic acids is 1. The molecule has 0 fully saturated rings. The van der Waals surface area contributed by atoms with Crippen molar-refractivity contribution in [1.29, 1.82) is 0 Å². The lowest BCUT2D eigenvalue weighted by molar-refractivity contribution is -0.385. The molecule has 2 aromatic carbocycles. The average molecular weight is 360 g/mol. The first-order valence-corrected chi connectivity index (χ1v) is 7.81. The molecule has 0 atom stereocenters. The standard InChI is InChI=1S/C18H20N2O6/c1-24-14-6-4-12(5-7-14)18(21)19-9-8-13-10-16(25-2)17(26-3)11-15(13)20(22)23/h4-7,10-11H,8-9H2,1-3H3,(H,19,21). The monoisotopic (exact) mass is 360 g/mol. The van der Waals surface area contributed by atoms with Gasteiger partial charge in [0.05, 0.1) is 32.3 Å². The molecule has 2 aromatic rings. The first-order chi connectivity index (χ1) is 12.5. The molecule has 8 heteroatoms. The molecule has 0 saturated carbocycles. The molecule has 8 nitrogen and oxygen atoms in total. The van der Waals surface area contributed by atoms with E-state index in [9.17, 15) is 14.9 Å². The first-order valence-electron chi connectivity index (χ1n) is 7.81. The van der Waals surface area contributed by atoms with Crippen LogP contribution in [0.5, 0.6) is 17.2 Å². The van der Waals surface area contributed by atoms with Crippen LogP contribution in [0.15, 0.2) is 36.4 Å². The number of amides is 1. The second-order valence-corrected chi connectivity index (χ2v) is 5.33. The highest BCUT2D eigenvalue weighted by Crippen LogP contribution is 2.34. The normalized spacial score (nSPS) is 10.1. The van der Waals surface area contributed by atoms with Gasteiger partial charge in [-0.2, -0.15) is 0 Å². The van der Waals surface area contributed by atoms with Gasteiger partial charge in [0.15, 0.2) is 11.5 Å². The van der Waals surface area contributed by atoms with E-state index in [2.05, 4.69) is 5.32 Å².